The van der Waals surface area contributed by atoms with Crippen molar-refractivity contribution in [3.8, 4) is 0 Å². The lowest BCUT2D eigenvalue weighted by molar-refractivity contribution is 0.210. The van der Waals surface area contributed by atoms with Crippen LogP contribution in [0.25, 0.3) is 0 Å². The van der Waals surface area contributed by atoms with Crippen LogP contribution in [0.4, 0.5) is 0 Å². The Hall–Kier alpha value is -0.990. The van der Waals surface area contributed by atoms with Gasteiger partial charge in [-0.2, -0.15) is 0 Å². The molecule has 3 aliphatic rings. The van der Waals surface area contributed by atoms with Crippen molar-refractivity contribution in [2.24, 2.45) is 4.99 Å². The molecular weight excluding hydrogens is 210 g/mol. The summed E-state index contributed by atoms with van der Waals surface area (Å²) in [5, 5.41) is 3.58. The summed E-state index contributed by atoms with van der Waals surface area (Å²) < 4.78 is 0. The molecule has 3 heterocycles. The van der Waals surface area contributed by atoms with Gasteiger partial charge >= 0.3 is 0 Å². The van der Waals surface area contributed by atoms with Gasteiger partial charge in [0.1, 0.15) is 0 Å². The molecule has 2 saturated heterocycles. The topological polar surface area (TPSA) is 27.6 Å². The van der Waals surface area contributed by atoms with Crippen molar-refractivity contribution in [3.63, 3.8) is 0 Å². The van der Waals surface area contributed by atoms with E-state index in [1.54, 1.807) is 0 Å². The van der Waals surface area contributed by atoms with Gasteiger partial charge in [0, 0.05) is 18.1 Å². The van der Waals surface area contributed by atoms with Crippen molar-refractivity contribution in [2.45, 2.75) is 69.6 Å². The molecule has 17 heavy (non-hydrogen) atoms. The van der Waals surface area contributed by atoms with Crippen molar-refractivity contribution in [2.75, 3.05) is 0 Å². The van der Waals surface area contributed by atoms with E-state index in [-0.39, 0.29) is 0 Å². The van der Waals surface area contributed by atoms with Gasteiger partial charge in [0.2, 0.25) is 0 Å². The Labute approximate surface area is 104 Å². The lowest BCUT2D eigenvalue weighted by Crippen LogP contribution is -2.59. The Morgan fingerprint density at radius 2 is 2.18 bits per heavy atom. The molecule has 0 aromatic heterocycles. The third-order valence-corrected chi connectivity index (χ3v) is 4.42. The van der Waals surface area contributed by atoms with E-state index in [4.69, 9.17) is 4.99 Å². The van der Waals surface area contributed by atoms with Crippen LogP contribution < -0.4 is 5.32 Å². The lowest BCUT2D eigenvalue weighted by Gasteiger charge is -2.44. The molecule has 3 aliphatic heterocycles. The molecule has 94 valence electrons. The van der Waals surface area contributed by atoms with E-state index in [2.05, 4.69) is 23.7 Å². The number of hydrogen-bond acceptors (Lipinski definition) is 3. The molecule has 3 nitrogen and oxygen atoms in total. The van der Waals surface area contributed by atoms with Crippen LogP contribution >= 0.6 is 0 Å². The predicted octanol–water partition coefficient (Wildman–Crippen LogP) is 2.30. The fourth-order valence-electron chi connectivity index (χ4n) is 3.67. The van der Waals surface area contributed by atoms with E-state index in [0.717, 1.165) is 24.9 Å². The Morgan fingerprint density at radius 1 is 1.41 bits per heavy atom. The maximum Gasteiger partial charge on any atom is 0.194 e. The molecule has 0 aromatic carbocycles. The maximum absolute atomic E-state index is 4.92. The molecule has 0 unspecified atom stereocenters. The van der Waals surface area contributed by atoms with Crippen LogP contribution in [0, 0.1) is 0 Å². The van der Waals surface area contributed by atoms with Gasteiger partial charge in [0.15, 0.2) is 5.96 Å². The second-order valence-electron chi connectivity index (χ2n) is 5.78. The van der Waals surface area contributed by atoms with Gasteiger partial charge in [-0.05, 0) is 45.4 Å². The Kier molecular flexibility index (Phi) is 2.85. The second-order valence-corrected chi connectivity index (χ2v) is 5.78. The van der Waals surface area contributed by atoms with Gasteiger partial charge in [0.05, 0.1) is 6.04 Å². The quantitative estimate of drug-likeness (QED) is 0.757. The van der Waals surface area contributed by atoms with Crippen molar-refractivity contribution in [1.29, 1.82) is 0 Å². The normalized spacial score (nSPS) is 39.4. The molecule has 0 aliphatic carbocycles. The highest BCUT2D eigenvalue weighted by atomic mass is 15.4. The van der Waals surface area contributed by atoms with Crippen molar-refractivity contribution < 1.29 is 0 Å². The molecule has 4 atom stereocenters. The minimum Gasteiger partial charge on any atom is -0.354 e. The fraction of sp³-hybridized carbons (Fsp3) is 0.786. The highest BCUT2D eigenvalue weighted by Crippen LogP contribution is 2.36. The number of nitrogens with zero attached hydrogens (tertiary/aromatic N) is 2. The zero-order chi connectivity index (χ0) is 11.8. The first kappa shape index (κ1) is 11.1. The maximum atomic E-state index is 4.92. The van der Waals surface area contributed by atoms with Crippen LogP contribution in [0.1, 0.15) is 45.4 Å². The van der Waals surface area contributed by atoms with Gasteiger partial charge in [-0.1, -0.05) is 6.08 Å². The van der Waals surface area contributed by atoms with E-state index in [1.165, 1.54) is 31.6 Å². The molecule has 0 radical (unpaired) electrons. The first-order valence-corrected chi connectivity index (χ1v) is 7.01. The highest BCUT2D eigenvalue weighted by molar-refractivity contribution is 5.83. The summed E-state index contributed by atoms with van der Waals surface area (Å²) >= 11 is 0. The van der Waals surface area contributed by atoms with Gasteiger partial charge in [-0.25, -0.2) is 4.99 Å². The van der Waals surface area contributed by atoms with Gasteiger partial charge in [0.25, 0.3) is 0 Å². The first-order chi connectivity index (χ1) is 8.28. The molecule has 0 spiro atoms. The summed E-state index contributed by atoms with van der Waals surface area (Å²) in [6.45, 7) is 6.09. The number of guanidine groups is 1. The summed E-state index contributed by atoms with van der Waals surface area (Å²) in [4.78, 5) is 7.49. The van der Waals surface area contributed by atoms with Gasteiger partial charge in [-0.3, -0.25) is 0 Å². The van der Waals surface area contributed by atoms with E-state index in [9.17, 15) is 0 Å². The van der Waals surface area contributed by atoms with E-state index >= 15 is 0 Å². The molecule has 0 aromatic rings. The van der Waals surface area contributed by atoms with Crippen LogP contribution in [0.5, 0.6) is 0 Å². The molecule has 1 N–H and O–H groups in total. The summed E-state index contributed by atoms with van der Waals surface area (Å²) in [5.74, 6) is 1.19. The van der Waals surface area contributed by atoms with E-state index in [0.29, 0.717) is 12.1 Å². The van der Waals surface area contributed by atoms with Crippen molar-refractivity contribution >= 4 is 5.96 Å². The number of nitrogens with one attached hydrogen (secondary N) is 1. The molecular formula is C14H23N3. The highest BCUT2D eigenvalue weighted by Gasteiger charge is 2.43. The standard InChI is InChI=1S/C14H23N3/c1-3-4-5-11-9-13-7-6-12-8-10(2)15-14(16-11)17(12)13/h3,10-13H,1,4-9H2,2H3,(H,15,16)/t10-,11+,12+,13-/m0/s1. The summed E-state index contributed by atoms with van der Waals surface area (Å²) in [7, 11) is 0. The molecule has 0 saturated carbocycles. The van der Waals surface area contributed by atoms with Gasteiger partial charge in [-0.15, -0.1) is 6.58 Å². The smallest absolute Gasteiger partial charge is 0.194 e. The largest absolute Gasteiger partial charge is 0.354 e. The molecule has 2 fully saturated rings. The Bertz CT molecular complexity index is 336. The van der Waals surface area contributed by atoms with E-state index in [1.807, 2.05) is 6.08 Å². The van der Waals surface area contributed by atoms with Crippen molar-refractivity contribution in [1.82, 2.24) is 10.2 Å². The molecule has 3 rings (SSSR count). The number of hydrogen-bond donors (Lipinski definition) is 1. The first-order valence-electron chi connectivity index (χ1n) is 7.01. The number of allylic oxidation sites excluding steroid dienone is 1. The summed E-state index contributed by atoms with van der Waals surface area (Å²) in [6.07, 6.45) is 9.54. The SMILES string of the molecule is C=CCC[C@@H]1C[C@@H]2CC[C@@H]3C[C@H](C)NC(=N1)N32. The average molecular weight is 233 g/mol. The van der Waals surface area contributed by atoms with Crippen LogP contribution in [0.3, 0.4) is 0 Å². The number of aliphatic imine (C=N–C) groups is 1. The van der Waals surface area contributed by atoms with Gasteiger partial charge < -0.3 is 10.2 Å². The van der Waals surface area contributed by atoms with Crippen LogP contribution in [-0.4, -0.2) is 35.0 Å². The Balaban J connectivity index is 1.78. The Morgan fingerprint density at radius 3 is 2.94 bits per heavy atom. The molecule has 0 amide bonds. The fourth-order valence-corrected chi connectivity index (χ4v) is 3.67. The monoisotopic (exact) mass is 233 g/mol. The van der Waals surface area contributed by atoms with E-state index < -0.39 is 0 Å². The number of rotatable bonds is 3. The van der Waals surface area contributed by atoms with Crippen LogP contribution in [-0.2, 0) is 0 Å². The minimum absolute atomic E-state index is 0.515. The third-order valence-electron chi connectivity index (χ3n) is 4.42. The molecule has 3 heteroatoms. The molecule has 0 bridgehead atoms. The third kappa shape index (κ3) is 1.96. The average Bonchev–Trinajstić information content (AvgIpc) is 2.70. The second kappa shape index (κ2) is 4.35. The lowest BCUT2D eigenvalue weighted by atomic mass is 9.99. The zero-order valence-electron chi connectivity index (χ0n) is 10.7. The summed E-state index contributed by atoms with van der Waals surface area (Å²) in [5.41, 5.74) is 0. The minimum atomic E-state index is 0.515. The predicted molar refractivity (Wildman–Crippen MR) is 71.1 cm³/mol. The summed E-state index contributed by atoms with van der Waals surface area (Å²) in [6, 6.07) is 2.62. The zero-order valence-corrected chi connectivity index (χ0v) is 10.7. The van der Waals surface area contributed by atoms with Crippen LogP contribution in [0.15, 0.2) is 17.6 Å². The van der Waals surface area contributed by atoms with Crippen molar-refractivity contribution in [3.05, 3.63) is 12.7 Å². The van der Waals surface area contributed by atoms with Crippen LogP contribution in [0.2, 0.25) is 0 Å².